The van der Waals surface area contributed by atoms with Crippen LogP contribution in [0.15, 0.2) is 59.1 Å². The van der Waals surface area contributed by atoms with Crippen LogP contribution in [0.25, 0.3) is 0 Å². The van der Waals surface area contributed by atoms with E-state index in [0.717, 1.165) is 21.3 Å². The third-order valence-corrected chi connectivity index (χ3v) is 5.45. The molecule has 0 radical (unpaired) electrons. The minimum absolute atomic E-state index is 0.224. The molecule has 0 bridgehead atoms. The van der Waals surface area contributed by atoms with Crippen LogP contribution in [0.3, 0.4) is 0 Å². The average molecular weight is 497 g/mol. The van der Waals surface area contributed by atoms with Gasteiger partial charge in [0.25, 0.3) is 0 Å². The van der Waals surface area contributed by atoms with Gasteiger partial charge in [-0.3, -0.25) is 0 Å². The van der Waals surface area contributed by atoms with Crippen molar-refractivity contribution in [1.82, 2.24) is 0 Å². The maximum absolute atomic E-state index is 9.39. The van der Waals surface area contributed by atoms with Crippen LogP contribution in [0.4, 0.5) is 5.69 Å². The van der Waals surface area contributed by atoms with Gasteiger partial charge in [-0.05, 0) is 76.9 Å². The number of ether oxygens (including phenoxy) is 2. The molecule has 29 heavy (non-hydrogen) atoms. The molecule has 0 spiro atoms. The smallest absolute Gasteiger partial charge is 0.175 e. The molecule has 0 saturated heterocycles. The van der Waals surface area contributed by atoms with Crippen LogP contribution in [0.1, 0.15) is 18.1 Å². The molecule has 0 aromatic heterocycles. The molecule has 7 heteroatoms. The summed E-state index contributed by atoms with van der Waals surface area (Å²) in [4.78, 5) is 0. The van der Waals surface area contributed by atoms with Gasteiger partial charge in [0.1, 0.15) is 12.4 Å². The molecule has 3 aromatic rings. The monoisotopic (exact) mass is 495 g/mol. The third kappa shape index (κ3) is 5.72. The van der Waals surface area contributed by atoms with Crippen molar-refractivity contribution in [3.8, 4) is 17.2 Å². The molecule has 0 aliphatic rings. The summed E-state index contributed by atoms with van der Waals surface area (Å²) in [6, 6.07) is 16.2. The minimum Gasteiger partial charge on any atom is -0.508 e. The van der Waals surface area contributed by atoms with Crippen LogP contribution in [-0.4, -0.2) is 11.7 Å². The first-order valence-electron chi connectivity index (χ1n) is 9.01. The van der Waals surface area contributed by atoms with Gasteiger partial charge < -0.3 is 19.9 Å². The second-order valence-corrected chi connectivity index (χ2v) is 7.90. The molecule has 0 amide bonds. The zero-order valence-corrected chi connectivity index (χ0v) is 18.8. The molecular weight excluding hydrogens is 477 g/mol. The van der Waals surface area contributed by atoms with Crippen molar-refractivity contribution in [2.45, 2.75) is 20.1 Å². The SMILES string of the molecule is CCOc1cc(CNc2ccc(O)cc2)cc(Br)c1OCc1c(Cl)cccc1Cl. The molecule has 0 aliphatic heterocycles. The van der Waals surface area contributed by atoms with E-state index < -0.39 is 0 Å². The minimum atomic E-state index is 0.224. The Morgan fingerprint density at radius 2 is 1.69 bits per heavy atom. The fourth-order valence-corrected chi connectivity index (χ4v) is 3.83. The van der Waals surface area contributed by atoms with Crippen molar-refractivity contribution in [3.05, 3.63) is 80.2 Å². The second kappa shape index (κ2) is 10.1. The van der Waals surface area contributed by atoms with Crippen molar-refractivity contribution in [2.75, 3.05) is 11.9 Å². The number of anilines is 1. The molecule has 0 aliphatic carbocycles. The van der Waals surface area contributed by atoms with Crippen molar-refractivity contribution in [1.29, 1.82) is 0 Å². The summed E-state index contributed by atoms with van der Waals surface area (Å²) in [7, 11) is 0. The molecule has 0 atom stereocenters. The fraction of sp³-hybridized carbons (Fsp3) is 0.182. The van der Waals surface area contributed by atoms with Crippen molar-refractivity contribution in [2.24, 2.45) is 0 Å². The van der Waals surface area contributed by atoms with Crippen LogP contribution < -0.4 is 14.8 Å². The maximum atomic E-state index is 9.39. The topological polar surface area (TPSA) is 50.7 Å². The highest BCUT2D eigenvalue weighted by Crippen LogP contribution is 2.38. The normalized spacial score (nSPS) is 10.6. The van der Waals surface area contributed by atoms with Crippen molar-refractivity contribution >= 4 is 44.8 Å². The van der Waals surface area contributed by atoms with E-state index in [4.69, 9.17) is 32.7 Å². The lowest BCUT2D eigenvalue weighted by Gasteiger charge is -2.17. The van der Waals surface area contributed by atoms with Crippen LogP contribution in [0, 0.1) is 0 Å². The summed E-state index contributed by atoms with van der Waals surface area (Å²) in [5.41, 5.74) is 2.64. The zero-order valence-electron chi connectivity index (χ0n) is 15.7. The Bertz CT molecular complexity index is 960. The molecular formula is C22H20BrCl2NO3. The highest BCUT2D eigenvalue weighted by molar-refractivity contribution is 9.10. The standard InChI is InChI=1S/C22H20BrCl2NO3/c1-2-28-21-11-14(12-26-15-6-8-16(27)9-7-15)10-18(23)22(21)29-13-17-19(24)4-3-5-20(17)25/h3-11,26-27H,2,12-13H2,1H3. The summed E-state index contributed by atoms with van der Waals surface area (Å²) in [5, 5.41) is 13.8. The summed E-state index contributed by atoms with van der Waals surface area (Å²) in [5.74, 6) is 1.46. The van der Waals surface area contributed by atoms with Gasteiger partial charge in [0.15, 0.2) is 11.5 Å². The zero-order chi connectivity index (χ0) is 20.8. The van der Waals surface area contributed by atoms with Gasteiger partial charge in [0.05, 0.1) is 11.1 Å². The Hall–Kier alpha value is -2.08. The summed E-state index contributed by atoms with van der Waals surface area (Å²) < 4.78 is 12.6. The van der Waals surface area contributed by atoms with Gasteiger partial charge in [-0.2, -0.15) is 0 Å². The van der Waals surface area contributed by atoms with Gasteiger partial charge in [-0.15, -0.1) is 0 Å². The molecule has 2 N–H and O–H groups in total. The van der Waals surface area contributed by atoms with Gasteiger partial charge in [-0.1, -0.05) is 29.3 Å². The number of phenols is 1. The second-order valence-electron chi connectivity index (χ2n) is 6.23. The van der Waals surface area contributed by atoms with Crippen LogP contribution in [-0.2, 0) is 13.2 Å². The summed E-state index contributed by atoms with van der Waals surface area (Å²) >= 11 is 16.1. The number of halogens is 3. The van der Waals surface area contributed by atoms with E-state index in [0.29, 0.717) is 34.7 Å². The molecule has 0 fully saturated rings. The third-order valence-electron chi connectivity index (χ3n) is 4.16. The average Bonchev–Trinajstić information content (AvgIpc) is 2.69. The first-order chi connectivity index (χ1) is 14.0. The molecule has 152 valence electrons. The Labute approximate surface area is 188 Å². The lowest BCUT2D eigenvalue weighted by Crippen LogP contribution is -2.04. The number of phenolic OH excluding ortho intramolecular Hbond substituents is 1. The fourth-order valence-electron chi connectivity index (χ4n) is 2.72. The molecule has 0 heterocycles. The largest absolute Gasteiger partial charge is 0.508 e. The highest BCUT2D eigenvalue weighted by Gasteiger charge is 2.14. The Morgan fingerprint density at radius 3 is 2.34 bits per heavy atom. The first-order valence-corrected chi connectivity index (χ1v) is 10.6. The molecule has 0 saturated carbocycles. The Kier molecular flexibility index (Phi) is 7.53. The van der Waals surface area contributed by atoms with E-state index in [9.17, 15) is 5.11 Å². The predicted molar refractivity (Wildman–Crippen MR) is 122 cm³/mol. The first kappa shape index (κ1) is 21.6. The van der Waals surface area contributed by atoms with Crippen LogP contribution in [0.5, 0.6) is 17.2 Å². The van der Waals surface area contributed by atoms with Crippen LogP contribution >= 0.6 is 39.1 Å². The lowest BCUT2D eigenvalue weighted by atomic mass is 10.2. The number of hydrogen-bond acceptors (Lipinski definition) is 4. The van der Waals surface area contributed by atoms with E-state index in [1.807, 2.05) is 31.2 Å². The van der Waals surface area contributed by atoms with Gasteiger partial charge in [-0.25, -0.2) is 0 Å². The van der Waals surface area contributed by atoms with Crippen molar-refractivity contribution in [3.63, 3.8) is 0 Å². The van der Waals surface area contributed by atoms with Crippen molar-refractivity contribution < 1.29 is 14.6 Å². The molecule has 3 rings (SSSR count). The number of nitrogens with one attached hydrogen (secondary N) is 1. The predicted octanol–water partition coefficient (Wildman–Crippen LogP) is 7.05. The maximum Gasteiger partial charge on any atom is 0.175 e. The number of rotatable bonds is 8. The highest BCUT2D eigenvalue weighted by atomic mass is 79.9. The van der Waals surface area contributed by atoms with E-state index in [-0.39, 0.29) is 12.4 Å². The molecule has 0 unspecified atom stereocenters. The van der Waals surface area contributed by atoms with Gasteiger partial charge >= 0.3 is 0 Å². The van der Waals surface area contributed by atoms with Gasteiger partial charge in [0.2, 0.25) is 0 Å². The Balaban J connectivity index is 1.77. The van der Waals surface area contributed by atoms with Gasteiger partial charge in [0, 0.05) is 27.8 Å². The van der Waals surface area contributed by atoms with E-state index in [2.05, 4.69) is 21.2 Å². The molecule has 4 nitrogen and oxygen atoms in total. The lowest BCUT2D eigenvalue weighted by molar-refractivity contribution is 0.267. The van der Waals surface area contributed by atoms with E-state index in [1.54, 1.807) is 30.3 Å². The summed E-state index contributed by atoms with van der Waals surface area (Å²) in [6.45, 7) is 3.23. The quantitative estimate of drug-likeness (QED) is 0.328. The summed E-state index contributed by atoms with van der Waals surface area (Å²) in [6.07, 6.45) is 0. The number of hydrogen-bond donors (Lipinski definition) is 2. The molecule has 3 aromatic carbocycles. The van der Waals surface area contributed by atoms with Crippen LogP contribution in [0.2, 0.25) is 10.0 Å². The number of benzene rings is 3. The van der Waals surface area contributed by atoms with E-state index >= 15 is 0 Å². The number of aromatic hydroxyl groups is 1. The Morgan fingerprint density at radius 1 is 1.00 bits per heavy atom. The van der Waals surface area contributed by atoms with E-state index in [1.165, 1.54) is 0 Å².